The Morgan fingerprint density at radius 3 is 2.50 bits per heavy atom. The fourth-order valence-corrected chi connectivity index (χ4v) is 1.85. The van der Waals surface area contributed by atoms with Crippen molar-refractivity contribution in [3.8, 4) is 0 Å². The maximum atomic E-state index is 13.2. The van der Waals surface area contributed by atoms with Crippen LogP contribution in [0.2, 0.25) is 0 Å². The van der Waals surface area contributed by atoms with Crippen LogP contribution in [0.15, 0.2) is 48.5 Å². The summed E-state index contributed by atoms with van der Waals surface area (Å²) in [6, 6.07) is 14.3. The molecule has 94 valence electrons. The number of nitrogens with one attached hydrogen (secondary N) is 1. The molecule has 0 radical (unpaired) electrons. The number of rotatable bonds is 4. The zero-order valence-electron chi connectivity index (χ0n) is 10.2. The summed E-state index contributed by atoms with van der Waals surface area (Å²) in [4.78, 5) is 0. The van der Waals surface area contributed by atoms with Crippen LogP contribution < -0.4 is 5.32 Å². The van der Waals surface area contributed by atoms with E-state index < -0.39 is 0 Å². The lowest BCUT2D eigenvalue weighted by Gasteiger charge is -2.18. The molecular weight excluding hydrogens is 229 g/mol. The van der Waals surface area contributed by atoms with E-state index in [1.54, 1.807) is 19.1 Å². The molecule has 1 atom stereocenters. The molecule has 0 saturated carbocycles. The molecular formula is C15H16FNO. The van der Waals surface area contributed by atoms with E-state index in [1.807, 2.05) is 30.3 Å². The third-order valence-corrected chi connectivity index (χ3v) is 2.88. The summed E-state index contributed by atoms with van der Waals surface area (Å²) in [7, 11) is 0. The van der Waals surface area contributed by atoms with E-state index in [-0.39, 0.29) is 18.5 Å². The lowest BCUT2D eigenvalue weighted by molar-refractivity contribution is 0.276. The standard InChI is InChI=1S/C15H16FNO/c1-11-9-12(7-8-14(11)16)15(10-18)17-13-5-3-2-4-6-13/h2-9,15,17-18H,10H2,1H3. The van der Waals surface area contributed by atoms with Gasteiger partial charge in [0.2, 0.25) is 0 Å². The Bertz CT molecular complexity index is 513. The Kier molecular flexibility index (Phi) is 3.95. The van der Waals surface area contributed by atoms with Crippen molar-refractivity contribution >= 4 is 5.69 Å². The Labute approximate surface area is 106 Å². The number of aryl methyl sites for hydroxylation is 1. The van der Waals surface area contributed by atoms with Crippen molar-refractivity contribution in [2.45, 2.75) is 13.0 Å². The molecule has 0 amide bonds. The molecule has 0 aromatic heterocycles. The van der Waals surface area contributed by atoms with Gasteiger partial charge in [-0.2, -0.15) is 0 Å². The summed E-state index contributed by atoms with van der Waals surface area (Å²) >= 11 is 0. The van der Waals surface area contributed by atoms with Gasteiger partial charge in [-0.25, -0.2) is 4.39 Å². The Balaban J connectivity index is 2.20. The molecule has 2 aromatic rings. The van der Waals surface area contributed by atoms with Gasteiger partial charge >= 0.3 is 0 Å². The smallest absolute Gasteiger partial charge is 0.126 e. The van der Waals surface area contributed by atoms with Gasteiger partial charge in [-0.1, -0.05) is 30.3 Å². The molecule has 0 spiro atoms. The average molecular weight is 245 g/mol. The summed E-state index contributed by atoms with van der Waals surface area (Å²) in [6.45, 7) is 1.68. The van der Waals surface area contributed by atoms with Crippen LogP contribution in [0.25, 0.3) is 0 Å². The predicted octanol–water partition coefficient (Wildman–Crippen LogP) is 3.28. The number of hydrogen-bond acceptors (Lipinski definition) is 2. The Hall–Kier alpha value is -1.87. The summed E-state index contributed by atoms with van der Waals surface area (Å²) in [5.41, 5.74) is 2.39. The first-order valence-corrected chi connectivity index (χ1v) is 5.89. The molecule has 0 heterocycles. The number of para-hydroxylation sites is 1. The third-order valence-electron chi connectivity index (χ3n) is 2.88. The summed E-state index contributed by atoms with van der Waals surface area (Å²) in [5.74, 6) is -0.227. The fourth-order valence-electron chi connectivity index (χ4n) is 1.85. The van der Waals surface area contributed by atoms with Crippen molar-refractivity contribution in [1.29, 1.82) is 0 Å². The molecule has 1 unspecified atom stereocenters. The van der Waals surface area contributed by atoms with Crippen molar-refractivity contribution in [1.82, 2.24) is 0 Å². The van der Waals surface area contributed by atoms with Crippen LogP contribution in [-0.2, 0) is 0 Å². The molecule has 0 aliphatic carbocycles. The number of aliphatic hydroxyl groups excluding tert-OH is 1. The number of halogens is 1. The first-order valence-electron chi connectivity index (χ1n) is 5.89. The molecule has 0 fully saturated rings. The predicted molar refractivity (Wildman–Crippen MR) is 71.0 cm³/mol. The van der Waals surface area contributed by atoms with Crippen molar-refractivity contribution < 1.29 is 9.50 Å². The molecule has 2 aromatic carbocycles. The van der Waals surface area contributed by atoms with Gasteiger partial charge in [0, 0.05) is 5.69 Å². The highest BCUT2D eigenvalue weighted by Gasteiger charge is 2.11. The van der Waals surface area contributed by atoms with Gasteiger partial charge in [-0.05, 0) is 36.2 Å². The summed E-state index contributed by atoms with van der Waals surface area (Å²) in [6.07, 6.45) is 0. The van der Waals surface area contributed by atoms with E-state index in [4.69, 9.17) is 0 Å². The van der Waals surface area contributed by atoms with Crippen molar-refractivity contribution in [2.24, 2.45) is 0 Å². The second-order valence-corrected chi connectivity index (χ2v) is 4.25. The minimum atomic E-state index is -0.230. The van der Waals surface area contributed by atoms with E-state index in [9.17, 15) is 9.50 Å². The van der Waals surface area contributed by atoms with E-state index in [0.717, 1.165) is 11.3 Å². The van der Waals surface area contributed by atoms with Gasteiger partial charge in [-0.15, -0.1) is 0 Å². The largest absolute Gasteiger partial charge is 0.394 e. The number of hydrogen-bond donors (Lipinski definition) is 2. The molecule has 0 aliphatic rings. The van der Waals surface area contributed by atoms with Gasteiger partial charge in [0.25, 0.3) is 0 Å². The van der Waals surface area contributed by atoms with Gasteiger partial charge in [0.05, 0.1) is 12.6 Å². The van der Waals surface area contributed by atoms with E-state index in [2.05, 4.69) is 5.32 Å². The van der Waals surface area contributed by atoms with Crippen molar-refractivity contribution in [2.75, 3.05) is 11.9 Å². The maximum absolute atomic E-state index is 13.2. The van der Waals surface area contributed by atoms with Crippen molar-refractivity contribution in [3.05, 3.63) is 65.5 Å². The Morgan fingerprint density at radius 1 is 1.17 bits per heavy atom. The minimum Gasteiger partial charge on any atom is -0.394 e. The molecule has 2 rings (SSSR count). The molecule has 3 heteroatoms. The third kappa shape index (κ3) is 2.87. The zero-order chi connectivity index (χ0) is 13.0. The summed E-state index contributed by atoms with van der Waals surface area (Å²) in [5, 5.41) is 12.7. The van der Waals surface area contributed by atoms with E-state index in [0.29, 0.717) is 5.56 Å². The van der Waals surface area contributed by atoms with Crippen LogP contribution in [-0.4, -0.2) is 11.7 Å². The lowest BCUT2D eigenvalue weighted by atomic mass is 10.0. The normalized spacial score (nSPS) is 12.2. The highest BCUT2D eigenvalue weighted by Crippen LogP contribution is 2.21. The average Bonchev–Trinajstić information content (AvgIpc) is 2.40. The monoisotopic (exact) mass is 245 g/mol. The van der Waals surface area contributed by atoms with E-state index >= 15 is 0 Å². The van der Waals surface area contributed by atoms with Gasteiger partial charge in [0.15, 0.2) is 0 Å². The second-order valence-electron chi connectivity index (χ2n) is 4.25. The SMILES string of the molecule is Cc1cc(C(CO)Nc2ccccc2)ccc1F. The van der Waals surface area contributed by atoms with Crippen LogP contribution in [0.1, 0.15) is 17.2 Å². The first-order chi connectivity index (χ1) is 8.70. The topological polar surface area (TPSA) is 32.3 Å². The highest BCUT2D eigenvalue weighted by molar-refractivity contribution is 5.45. The quantitative estimate of drug-likeness (QED) is 0.866. The highest BCUT2D eigenvalue weighted by atomic mass is 19.1. The van der Waals surface area contributed by atoms with Gasteiger partial charge < -0.3 is 10.4 Å². The van der Waals surface area contributed by atoms with Crippen LogP contribution in [0, 0.1) is 12.7 Å². The van der Waals surface area contributed by atoms with Crippen LogP contribution in [0.3, 0.4) is 0 Å². The molecule has 0 aliphatic heterocycles. The maximum Gasteiger partial charge on any atom is 0.126 e. The molecule has 18 heavy (non-hydrogen) atoms. The van der Waals surface area contributed by atoms with Crippen molar-refractivity contribution in [3.63, 3.8) is 0 Å². The number of anilines is 1. The van der Waals surface area contributed by atoms with E-state index in [1.165, 1.54) is 6.07 Å². The van der Waals surface area contributed by atoms with Gasteiger partial charge in [0.1, 0.15) is 5.82 Å². The molecule has 0 bridgehead atoms. The Morgan fingerprint density at radius 2 is 1.89 bits per heavy atom. The lowest BCUT2D eigenvalue weighted by Crippen LogP contribution is -2.15. The minimum absolute atomic E-state index is 0.0417. The van der Waals surface area contributed by atoms with Crippen LogP contribution >= 0.6 is 0 Å². The molecule has 2 N–H and O–H groups in total. The summed E-state index contributed by atoms with van der Waals surface area (Å²) < 4.78 is 13.2. The molecule has 0 saturated heterocycles. The van der Waals surface area contributed by atoms with Gasteiger partial charge in [-0.3, -0.25) is 0 Å². The first kappa shape index (κ1) is 12.6. The van der Waals surface area contributed by atoms with Crippen LogP contribution in [0.5, 0.6) is 0 Å². The van der Waals surface area contributed by atoms with Crippen LogP contribution in [0.4, 0.5) is 10.1 Å². The second kappa shape index (κ2) is 5.65. The number of benzene rings is 2. The number of aliphatic hydroxyl groups is 1. The molecule has 2 nitrogen and oxygen atoms in total. The fraction of sp³-hybridized carbons (Fsp3) is 0.200. The zero-order valence-corrected chi connectivity index (χ0v) is 10.2.